The van der Waals surface area contributed by atoms with Gasteiger partial charge in [0, 0.05) is 17.0 Å². The molecule has 4 nitrogen and oxygen atoms in total. The molecule has 2 aromatic rings. The molecule has 124 valence electrons. The van der Waals surface area contributed by atoms with Gasteiger partial charge < -0.3 is 14.2 Å². The van der Waals surface area contributed by atoms with Crippen LogP contribution in [0.5, 0.6) is 17.4 Å². The molecule has 0 spiro atoms. The molecule has 1 aromatic carbocycles. The van der Waals surface area contributed by atoms with E-state index in [9.17, 15) is 0 Å². The van der Waals surface area contributed by atoms with Gasteiger partial charge in [-0.1, -0.05) is 6.92 Å². The summed E-state index contributed by atoms with van der Waals surface area (Å²) < 4.78 is 17.4. The van der Waals surface area contributed by atoms with Gasteiger partial charge in [-0.15, -0.1) is 0 Å². The van der Waals surface area contributed by atoms with Crippen LogP contribution in [0.15, 0.2) is 18.2 Å². The summed E-state index contributed by atoms with van der Waals surface area (Å²) in [5.41, 5.74) is 1.90. The van der Waals surface area contributed by atoms with Gasteiger partial charge >= 0.3 is 0 Å². The van der Waals surface area contributed by atoms with Crippen LogP contribution >= 0.6 is 0 Å². The lowest BCUT2D eigenvalue weighted by Crippen LogP contribution is -2.12. The van der Waals surface area contributed by atoms with Gasteiger partial charge in [-0.05, 0) is 51.2 Å². The van der Waals surface area contributed by atoms with E-state index >= 15 is 0 Å². The number of hydrogen-bond donors (Lipinski definition) is 0. The van der Waals surface area contributed by atoms with Crippen molar-refractivity contribution in [1.29, 1.82) is 0 Å². The third kappa shape index (κ3) is 3.21. The van der Waals surface area contributed by atoms with Gasteiger partial charge in [0.15, 0.2) is 0 Å². The van der Waals surface area contributed by atoms with Crippen molar-refractivity contribution in [1.82, 2.24) is 4.98 Å². The van der Waals surface area contributed by atoms with E-state index < -0.39 is 0 Å². The molecule has 1 aliphatic rings. The minimum atomic E-state index is 0.285. The van der Waals surface area contributed by atoms with Crippen LogP contribution in [0.4, 0.5) is 0 Å². The van der Waals surface area contributed by atoms with Crippen molar-refractivity contribution in [2.45, 2.75) is 46.1 Å². The molecule has 0 unspecified atom stereocenters. The summed E-state index contributed by atoms with van der Waals surface area (Å²) in [6, 6.07) is 5.92. The predicted molar refractivity (Wildman–Crippen MR) is 91.6 cm³/mol. The summed E-state index contributed by atoms with van der Waals surface area (Å²) in [6.07, 6.45) is 3.75. The second-order valence-corrected chi connectivity index (χ2v) is 6.34. The number of nitrogens with zero attached hydrogens (tertiary/aromatic N) is 1. The van der Waals surface area contributed by atoms with Crippen LogP contribution in [0.25, 0.3) is 10.9 Å². The molecule has 0 N–H and O–H groups in total. The average molecular weight is 315 g/mol. The van der Waals surface area contributed by atoms with Gasteiger partial charge in [-0.3, -0.25) is 0 Å². The van der Waals surface area contributed by atoms with E-state index in [1.807, 2.05) is 32.0 Å². The summed E-state index contributed by atoms with van der Waals surface area (Å²) in [4.78, 5) is 4.64. The van der Waals surface area contributed by atoms with Crippen LogP contribution < -0.4 is 14.2 Å². The molecule has 0 aliphatic heterocycles. The Morgan fingerprint density at radius 1 is 1.22 bits per heavy atom. The molecule has 3 rings (SSSR count). The second-order valence-electron chi connectivity index (χ2n) is 6.34. The van der Waals surface area contributed by atoms with E-state index in [1.54, 1.807) is 7.11 Å². The molecule has 2 atom stereocenters. The highest BCUT2D eigenvalue weighted by atomic mass is 16.5. The summed E-state index contributed by atoms with van der Waals surface area (Å²) in [5, 5.41) is 1.02. The lowest BCUT2D eigenvalue weighted by atomic mass is 10.1. The minimum Gasteiger partial charge on any atom is -0.496 e. The fourth-order valence-corrected chi connectivity index (χ4v) is 3.34. The van der Waals surface area contributed by atoms with Crippen molar-refractivity contribution in [3.8, 4) is 17.4 Å². The zero-order valence-corrected chi connectivity index (χ0v) is 14.4. The Bertz CT molecular complexity index is 699. The molecule has 0 saturated heterocycles. The molecule has 1 saturated carbocycles. The van der Waals surface area contributed by atoms with E-state index in [1.165, 1.54) is 6.42 Å². The maximum absolute atomic E-state index is 6.31. The smallest absolute Gasteiger partial charge is 0.217 e. The summed E-state index contributed by atoms with van der Waals surface area (Å²) in [6.45, 7) is 6.85. The van der Waals surface area contributed by atoms with Gasteiger partial charge in [0.05, 0.1) is 25.3 Å². The lowest BCUT2D eigenvalue weighted by molar-refractivity contribution is 0.206. The van der Waals surface area contributed by atoms with Gasteiger partial charge in [-0.25, -0.2) is 4.98 Å². The summed E-state index contributed by atoms with van der Waals surface area (Å²) in [7, 11) is 1.68. The summed E-state index contributed by atoms with van der Waals surface area (Å²) in [5.74, 6) is 3.04. The molecular formula is C19H25NO3. The predicted octanol–water partition coefficient (Wildman–Crippen LogP) is 4.52. The van der Waals surface area contributed by atoms with Gasteiger partial charge in [0.25, 0.3) is 0 Å². The third-order valence-corrected chi connectivity index (χ3v) is 4.58. The number of rotatable bonds is 5. The van der Waals surface area contributed by atoms with E-state index in [2.05, 4.69) is 11.9 Å². The molecule has 23 heavy (non-hydrogen) atoms. The van der Waals surface area contributed by atoms with Crippen molar-refractivity contribution in [2.24, 2.45) is 5.92 Å². The molecular weight excluding hydrogens is 290 g/mol. The number of aromatic nitrogens is 1. The molecule has 0 amide bonds. The molecule has 4 heteroatoms. The van der Waals surface area contributed by atoms with Crippen molar-refractivity contribution in [3.05, 3.63) is 23.8 Å². The van der Waals surface area contributed by atoms with Crippen LogP contribution in [-0.2, 0) is 0 Å². The van der Waals surface area contributed by atoms with Crippen molar-refractivity contribution < 1.29 is 14.2 Å². The number of ether oxygens (including phenoxy) is 3. The van der Waals surface area contributed by atoms with Gasteiger partial charge in [-0.2, -0.15) is 0 Å². The molecule has 1 aliphatic carbocycles. The monoisotopic (exact) mass is 315 g/mol. The topological polar surface area (TPSA) is 40.6 Å². The average Bonchev–Trinajstić information content (AvgIpc) is 2.94. The molecule has 1 heterocycles. The molecule has 0 bridgehead atoms. The number of benzene rings is 1. The zero-order valence-electron chi connectivity index (χ0n) is 14.4. The van der Waals surface area contributed by atoms with Crippen molar-refractivity contribution in [3.63, 3.8) is 0 Å². The number of aryl methyl sites for hydroxylation is 1. The van der Waals surface area contributed by atoms with Crippen molar-refractivity contribution in [2.75, 3.05) is 13.7 Å². The van der Waals surface area contributed by atoms with E-state index in [4.69, 9.17) is 14.2 Å². The first-order valence-electron chi connectivity index (χ1n) is 8.40. The maximum atomic E-state index is 6.31. The van der Waals surface area contributed by atoms with E-state index in [-0.39, 0.29) is 6.10 Å². The largest absolute Gasteiger partial charge is 0.496 e. The van der Waals surface area contributed by atoms with Crippen LogP contribution in [0, 0.1) is 12.8 Å². The molecule has 1 fully saturated rings. The SMILES string of the molecule is CCOc1cc(O[C@H]2CC[C@H](C)C2)c2ccc(OC)c(C)c2n1. The normalized spacial score (nSPS) is 20.7. The lowest BCUT2D eigenvalue weighted by Gasteiger charge is -2.18. The minimum absolute atomic E-state index is 0.285. The van der Waals surface area contributed by atoms with Crippen LogP contribution in [0.1, 0.15) is 38.7 Å². The Hall–Kier alpha value is -1.97. The Morgan fingerprint density at radius 3 is 2.70 bits per heavy atom. The maximum Gasteiger partial charge on any atom is 0.217 e. The zero-order chi connectivity index (χ0) is 16.4. The fraction of sp³-hybridized carbons (Fsp3) is 0.526. The molecule has 0 radical (unpaired) electrons. The number of hydrogen-bond acceptors (Lipinski definition) is 4. The second kappa shape index (κ2) is 6.65. The Kier molecular flexibility index (Phi) is 4.60. The van der Waals surface area contributed by atoms with Gasteiger partial charge in [0.1, 0.15) is 11.5 Å². The number of pyridine rings is 1. The third-order valence-electron chi connectivity index (χ3n) is 4.58. The van der Waals surface area contributed by atoms with Crippen molar-refractivity contribution >= 4 is 10.9 Å². The number of methoxy groups -OCH3 is 1. The highest BCUT2D eigenvalue weighted by molar-refractivity contribution is 5.89. The van der Waals surface area contributed by atoms with Gasteiger partial charge in [0.2, 0.25) is 5.88 Å². The Balaban J connectivity index is 2.05. The van der Waals surface area contributed by atoms with Crippen LogP contribution in [0.3, 0.4) is 0 Å². The highest BCUT2D eigenvalue weighted by Crippen LogP contribution is 2.37. The first kappa shape index (κ1) is 15.9. The highest BCUT2D eigenvalue weighted by Gasteiger charge is 2.24. The fourth-order valence-electron chi connectivity index (χ4n) is 3.34. The van der Waals surface area contributed by atoms with E-state index in [0.29, 0.717) is 12.5 Å². The van der Waals surface area contributed by atoms with Crippen LogP contribution in [0.2, 0.25) is 0 Å². The van der Waals surface area contributed by atoms with E-state index in [0.717, 1.165) is 46.7 Å². The van der Waals surface area contributed by atoms with Crippen LogP contribution in [-0.4, -0.2) is 24.8 Å². The standard InChI is InChI=1S/C19H25NO3/c1-5-22-18-11-17(23-14-7-6-12(2)10-14)15-8-9-16(21-4)13(3)19(15)20-18/h8-9,11-12,14H,5-7,10H2,1-4H3/t12-,14-/m0/s1. The first-order chi connectivity index (χ1) is 11.1. The first-order valence-corrected chi connectivity index (χ1v) is 8.40. The number of fused-ring (bicyclic) bond motifs is 1. The molecule has 1 aromatic heterocycles. The quantitative estimate of drug-likeness (QED) is 0.813. The Morgan fingerprint density at radius 2 is 2.04 bits per heavy atom. The summed E-state index contributed by atoms with van der Waals surface area (Å²) >= 11 is 0. The Labute approximate surface area is 137 Å².